The molecule has 1 aromatic carbocycles. The molecule has 0 amide bonds. The van der Waals surface area contributed by atoms with Gasteiger partial charge in [-0.2, -0.15) is 101 Å². The summed E-state index contributed by atoms with van der Waals surface area (Å²) < 4.78 is 321. The van der Waals surface area contributed by atoms with E-state index in [9.17, 15) is 106 Å². The monoisotopic (exact) mass is 972 g/mol. The van der Waals surface area contributed by atoms with Crippen molar-refractivity contribution in [3.05, 3.63) is 42.2 Å². The van der Waals surface area contributed by atoms with Gasteiger partial charge in [0.05, 0.1) is 6.61 Å². The number of nitrogens with zero attached hydrogens (tertiary/aromatic N) is 2. The van der Waals surface area contributed by atoms with Crippen LogP contribution in [0.5, 0.6) is 5.75 Å². The molecule has 0 radical (unpaired) electrons. The molecule has 63 heavy (non-hydrogen) atoms. The molecular weight excluding hydrogens is 941 g/mol. The maximum atomic E-state index is 14.1. The molecule has 364 valence electrons. The molecule has 30 heteroatoms. The van der Waals surface area contributed by atoms with Gasteiger partial charge in [0.25, 0.3) is 0 Å². The van der Waals surface area contributed by atoms with Crippen LogP contribution in [-0.2, 0) is 20.6 Å². The molecule has 0 saturated carbocycles. The van der Waals surface area contributed by atoms with Gasteiger partial charge in [-0.3, -0.25) is 0 Å². The second-order valence-electron chi connectivity index (χ2n) is 13.3. The number of hydrogen-bond acceptors (Lipinski definition) is 7. The summed E-state index contributed by atoms with van der Waals surface area (Å²) in [4.78, 5) is 8.49. The van der Waals surface area contributed by atoms with E-state index in [2.05, 4.69) is 21.6 Å². The Balaban J connectivity index is 2.04. The van der Waals surface area contributed by atoms with Crippen LogP contribution in [0.15, 0.2) is 36.7 Å². The lowest BCUT2D eigenvalue weighted by Gasteiger charge is -2.40. The molecule has 0 saturated heterocycles. The summed E-state index contributed by atoms with van der Waals surface area (Å²) in [6.07, 6.45) is -32.5. The van der Waals surface area contributed by atoms with Crippen LogP contribution in [0, 0.1) is 0 Å². The third-order valence-electron chi connectivity index (χ3n) is 8.25. The van der Waals surface area contributed by atoms with E-state index >= 15 is 0 Å². The molecule has 1 aromatic heterocycles. The van der Waals surface area contributed by atoms with Crippen molar-refractivity contribution in [2.45, 2.75) is 124 Å². The van der Waals surface area contributed by atoms with E-state index in [4.69, 9.17) is 4.74 Å². The largest absolute Gasteiger partial charge is 0.491 e. The third kappa shape index (κ3) is 12.0. The number of unbranched alkanes of at least 4 members (excludes halogenated alkanes) is 5. The average molecular weight is 973 g/mol. The van der Waals surface area contributed by atoms with Crippen molar-refractivity contribution < 1.29 is 125 Å². The summed E-state index contributed by atoms with van der Waals surface area (Å²) in [7, 11) is 0. The number of ether oxygens (including phenoxy) is 4. The van der Waals surface area contributed by atoms with Gasteiger partial charge in [-0.05, 0) is 42.7 Å². The number of alkyl halides is 23. The number of aliphatic hydroxyl groups is 1. The van der Waals surface area contributed by atoms with Gasteiger partial charge in [-0.15, -0.1) is 0 Å². The van der Waals surface area contributed by atoms with Crippen molar-refractivity contribution in [2.24, 2.45) is 0 Å². The standard InChI is InChI=1S/C33H31F23N2O5/c1-2-3-4-5-6-7-8-18-13-57-22(58-14-18)19-9-11-21(12-10-19)61-16-20(59)15-60-17-23(34,35)24(36,37)30(49,50)62-32(53,54)33(55,56)63-31(51,52)28(44,45)26(40,41)25(38,39)27(42,43)29(46,47)48/h9-14,20,59H,2-8,15-17H2,1H3. The first-order chi connectivity index (χ1) is 28.3. The number of aliphatic hydroxyl groups excluding tert-OH is 1. The second kappa shape index (κ2) is 19.4. The number of aromatic nitrogens is 2. The van der Waals surface area contributed by atoms with Crippen LogP contribution in [-0.4, -0.2) is 107 Å². The van der Waals surface area contributed by atoms with Crippen molar-refractivity contribution >= 4 is 0 Å². The molecule has 1 atom stereocenters. The highest BCUT2D eigenvalue weighted by Gasteiger charge is 2.92. The van der Waals surface area contributed by atoms with Gasteiger partial charge in [-0.1, -0.05) is 39.0 Å². The van der Waals surface area contributed by atoms with Crippen molar-refractivity contribution in [1.82, 2.24) is 9.97 Å². The minimum absolute atomic E-state index is 0.0519. The van der Waals surface area contributed by atoms with Crippen LogP contribution < -0.4 is 4.74 Å². The molecular formula is C33H31F23N2O5. The first kappa shape index (κ1) is 55.5. The molecule has 7 nitrogen and oxygen atoms in total. The summed E-state index contributed by atoms with van der Waals surface area (Å²) in [5.41, 5.74) is 1.34. The maximum absolute atomic E-state index is 14.1. The van der Waals surface area contributed by atoms with Gasteiger partial charge < -0.3 is 14.6 Å². The zero-order chi connectivity index (χ0) is 48.9. The Bertz CT molecular complexity index is 1740. The van der Waals surface area contributed by atoms with Gasteiger partial charge >= 0.3 is 66.1 Å². The number of rotatable bonds is 26. The lowest BCUT2D eigenvalue weighted by molar-refractivity contribution is -0.556. The lowest BCUT2D eigenvalue weighted by Crippen LogP contribution is -2.71. The van der Waals surface area contributed by atoms with Crippen molar-refractivity contribution in [1.29, 1.82) is 0 Å². The third-order valence-corrected chi connectivity index (χ3v) is 8.25. The van der Waals surface area contributed by atoms with Gasteiger partial charge in [0, 0.05) is 18.0 Å². The Morgan fingerprint density at radius 2 is 0.968 bits per heavy atom. The topological polar surface area (TPSA) is 82.9 Å². The Kier molecular flexibility index (Phi) is 17.1. The molecule has 1 heterocycles. The highest BCUT2D eigenvalue weighted by Crippen LogP contribution is 2.62. The minimum Gasteiger partial charge on any atom is -0.491 e. The van der Waals surface area contributed by atoms with E-state index in [1.54, 1.807) is 12.4 Å². The van der Waals surface area contributed by atoms with Crippen molar-refractivity contribution in [2.75, 3.05) is 19.8 Å². The van der Waals surface area contributed by atoms with Gasteiger partial charge in [0.15, 0.2) is 5.82 Å². The van der Waals surface area contributed by atoms with Crippen LogP contribution in [0.3, 0.4) is 0 Å². The summed E-state index contributed by atoms with van der Waals surface area (Å²) in [6.45, 7) is -3.45. The van der Waals surface area contributed by atoms with E-state index in [0.717, 1.165) is 55.2 Å². The van der Waals surface area contributed by atoms with E-state index in [1.165, 1.54) is 29.0 Å². The quantitative estimate of drug-likeness (QED) is 0.0743. The summed E-state index contributed by atoms with van der Waals surface area (Å²) in [5.74, 6) is -49.0. The normalized spacial score (nSPS) is 15.2. The minimum atomic E-state index is -8.95. The highest BCUT2D eigenvalue weighted by molar-refractivity contribution is 5.55. The Hall–Kier alpha value is -3.67. The zero-order valence-electron chi connectivity index (χ0n) is 31.3. The van der Waals surface area contributed by atoms with Gasteiger partial charge in [0.1, 0.15) is 25.1 Å². The first-order valence-electron chi connectivity index (χ1n) is 17.3. The second-order valence-corrected chi connectivity index (χ2v) is 13.3. The summed E-state index contributed by atoms with van der Waals surface area (Å²) in [5, 5.41) is 9.84. The number of benzene rings is 1. The number of aryl methyl sites for hydroxylation is 1. The van der Waals surface area contributed by atoms with E-state index in [-0.39, 0.29) is 11.6 Å². The van der Waals surface area contributed by atoms with Crippen LogP contribution in [0.1, 0.15) is 51.0 Å². The Morgan fingerprint density at radius 3 is 1.44 bits per heavy atom. The molecule has 0 aliphatic carbocycles. The Labute approximate surface area is 338 Å². The fourth-order valence-electron chi connectivity index (χ4n) is 4.63. The summed E-state index contributed by atoms with van der Waals surface area (Å²) in [6, 6.07) is 5.39. The average Bonchev–Trinajstić information content (AvgIpc) is 3.14. The Morgan fingerprint density at radius 1 is 0.524 bits per heavy atom. The van der Waals surface area contributed by atoms with Crippen LogP contribution >= 0.6 is 0 Å². The maximum Gasteiger partial charge on any atom is 0.460 e. The SMILES string of the molecule is CCCCCCCCc1cnc(-c2ccc(OCC(O)COCC(F)(F)C(F)(F)C(F)(F)OC(F)(F)C(F)(F)OC(F)(F)C(F)(F)C(F)(F)C(F)(F)C(F)(F)C(F)(F)F)cc2)nc1. The van der Waals surface area contributed by atoms with Gasteiger partial charge in [0.2, 0.25) is 0 Å². The first-order valence-corrected chi connectivity index (χ1v) is 17.3. The van der Waals surface area contributed by atoms with E-state index in [1.807, 2.05) is 0 Å². The van der Waals surface area contributed by atoms with Crippen molar-refractivity contribution in [3.63, 3.8) is 0 Å². The molecule has 2 rings (SSSR count). The molecule has 2 aromatic rings. The molecule has 0 aliphatic rings. The van der Waals surface area contributed by atoms with Crippen LogP contribution in [0.4, 0.5) is 101 Å². The molecule has 1 N–H and O–H groups in total. The zero-order valence-corrected chi connectivity index (χ0v) is 31.3. The highest BCUT2D eigenvalue weighted by atomic mass is 19.4. The fourth-order valence-corrected chi connectivity index (χ4v) is 4.63. The van der Waals surface area contributed by atoms with Gasteiger partial charge in [-0.25, -0.2) is 19.4 Å². The van der Waals surface area contributed by atoms with Crippen LogP contribution in [0.2, 0.25) is 0 Å². The predicted octanol–water partition coefficient (Wildman–Crippen LogP) is 11.6. The van der Waals surface area contributed by atoms with Crippen LogP contribution in [0.25, 0.3) is 11.4 Å². The smallest absolute Gasteiger partial charge is 0.460 e. The number of hydrogen-bond donors (Lipinski definition) is 1. The molecule has 0 fully saturated rings. The fraction of sp³-hybridized carbons (Fsp3) is 0.697. The molecule has 0 aliphatic heterocycles. The predicted molar refractivity (Wildman–Crippen MR) is 165 cm³/mol. The summed E-state index contributed by atoms with van der Waals surface area (Å²) >= 11 is 0. The van der Waals surface area contributed by atoms with E-state index in [0.29, 0.717) is 5.56 Å². The number of halogens is 23. The lowest BCUT2D eigenvalue weighted by atomic mass is 9.97. The molecule has 0 bridgehead atoms. The van der Waals surface area contributed by atoms with Crippen molar-refractivity contribution in [3.8, 4) is 17.1 Å². The molecule has 0 spiro atoms. The molecule has 1 unspecified atom stereocenters. The van der Waals surface area contributed by atoms with E-state index < -0.39 is 92.1 Å².